The van der Waals surface area contributed by atoms with Crippen LogP contribution in [0, 0.1) is 0 Å². The van der Waals surface area contributed by atoms with E-state index in [9.17, 15) is 14.4 Å². The van der Waals surface area contributed by atoms with Crippen molar-refractivity contribution < 1.29 is 14.4 Å². The first-order chi connectivity index (χ1) is 13.9. The van der Waals surface area contributed by atoms with Crippen molar-refractivity contribution in [3.63, 3.8) is 0 Å². The van der Waals surface area contributed by atoms with E-state index in [1.165, 1.54) is 13.8 Å². The minimum atomic E-state index is -0.337. The molecule has 8 nitrogen and oxygen atoms in total. The van der Waals surface area contributed by atoms with Gasteiger partial charge in [-0.3, -0.25) is 14.4 Å². The molecule has 3 amide bonds. The first-order valence-corrected chi connectivity index (χ1v) is 8.98. The molecular weight excluding hydrogens is 370 g/mol. The molecule has 148 valence electrons. The summed E-state index contributed by atoms with van der Waals surface area (Å²) in [6.45, 7) is 3.02. The highest BCUT2D eigenvalue weighted by molar-refractivity contribution is 5.99. The molecule has 3 N–H and O–H groups in total. The molecule has 0 unspecified atom stereocenters. The lowest BCUT2D eigenvalue weighted by Crippen LogP contribution is -2.23. The summed E-state index contributed by atoms with van der Waals surface area (Å²) in [6.07, 6.45) is 3.52. The molecule has 0 radical (unpaired) electrons. The Morgan fingerprint density at radius 2 is 1.55 bits per heavy atom. The molecule has 3 rings (SSSR count). The zero-order chi connectivity index (χ0) is 20.8. The van der Waals surface area contributed by atoms with Gasteiger partial charge in [0.25, 0.3) is 5.91 Å². The molecule has 3 aromatic rings. The van der Waals surface area contributed by atoms with Crippen LogP contribution in [-0.2, 0) is 16.1 Å². The quantitative estimate of drug-likeness (QED) is 0.601. The Kier molecular flexibility index (Phi) is 6.03. The number of nitrogens with zero attached hydrogens (tertiary/aromatic N) is 2. The van der Waals surface area contributed by atoms with E-state index in [4.69, 9.17) is 0 Å². The van der Waals surface area contributed by atoms with Gasteiger partial charge in [-0.05, 0) is 30.3 Å². The number of hydrogen-bond donors (Lipinski definition) is 3. The second kappa shape index (κ2) is 8.83. The van der Waals surface area contributed by atoms with Crippen molar-refractivity contribution in [2.45, 2.75) is 20.4 Å². The zero-order valence-electron chi connectivity index (χ0n) is 16.1. The molecule has 8 heteroatoms. The number of para-hydroxylation sites is 1. The van der Waals surface area contributed by atoms with Crippen LogP contribution < -0.4 is 16.0 Å². The second-order valence-corrected chi connectivity index (χ2v) is 6.47. The number of anilines is 2. The monoisotopic (exact) mass is 391 g/mol. The zero-order valence-corrected chi connectivity index (χ0v) is 16.1. The van der Waals surface area contributed by atoms with E-state index in [-0.39, 0.29) is 24.3 Å². The first-order valence-electron chi connectivity index (χ1n) is 8.98. The summed E-state index contributed by atoms with van der Waals surface area (Å²) in [5.74, 6) is -0.884. The molecule has 1 heterocycles. The molecular formula is C21H21N5O3. The fourth-order valence-electron chi connectivity index (χ4n) is 2.77. The van der Waals surface area contributed by atoms with Crippen molar-refractivity contribution in [1.29, 1.82) is 0 Å². The molecule has 0 atom stereocenters. The summed E-state index contributed by atoms with van der Waals surface area (Å²) >= 11 is 0. The van der Waals surface area contributed by atoms with Crippen molar-refractivity contribution in [1.82, 2.24) is 15.1 Å². The summed E-state index contributed by atoms with van der Waals surface area (Å²) in [5.41, 5.74) is 2.92. The van der Waals surface area contributed by atoms with Crippen LogP contribution in [0.15, 0.2) is 60.9 Å². The maximum atomic E-state index is 12.6. The molecule has 0 aliphatic carbocycles. The predicted molar refractivity (Wildman–Crippen MR) is 110 cm³/mol. The van der Waals surface area contributed by atoms with Crippen LogP contribution in [0.25, 0.3) is 5.69 Å². The normalized spacial score (nSPS) is 10.3. The van der Waals surface area contributed by atoms with Gasteiger partial charge in [0.2, 0.25) is 11.8 Å². The van der Waals surface area contributed by atoms with Gasteiger partial charge in [-0.1, -0.05) is 18.2 Å². The molecule has 0 bridgehead atoms. The molecule has 0 fully saturated rings. The Hall–Kier alpha value is -3.94. The Morgan fingerprint density at radius 3 is 2.14 bits per heavy atom. The third-order valence-corrected chi connectivity index (χ3v) is 3.95. The molecule has 0 saturated heterocycles. The summed E-state index contributed by atoms with van der Waals surface area (Å²) in [4.78, 5) is 35.3. The average Bonchev–Trinajstić information content (AvgIpc) is 3.14. The molecule has 0 aliphatic heterocycles. The van der Waals surface area contributed by atoms with Crippen LogP contribution in [0.2, 0.25) is 0 Å². The van der Waals surface area contributed by atoms with E-state index in [0.29, 0.717) is 16.9 Å². The maximum Gasteiger partial charge on any atom is 0.251 e. The number of benzene rings is 2. The van der Waals surface area contributed by atoms with E-state index < -0.39 is 0 Å². The minimum absolute atomic E-state index is 0.273. The van der Waals surface area contributed by atoms with Crippen molar-refractivity contribution in [3.05, 3.63) is 72.1 Å². The van der Waals surface area contributed by atoms with E-state index in [1.54, 1.807) is 29.1 Å². The standard InChI is InChI=1S/C21H21N5O3/c1-14(27)24-18-8-17(9-19(10-18)25-15(2)28)21(29)22-11-16-12-23-26(13-16)20-6-4-3-5-7-20/h3-10,12-13H,11H2,1-2H3,(H,22,29)(H,24,27)(H,25,28). The number of carbonyl (C=O) groups excluding carboxylic acids is 3. The predicted octanol–water partition coefficient (Wildman–Crippen LogP) is 2.72. The van der Waals surface area contributed by atoms with Crippen LogP contribution in [0.5, 0.6) is 0 Å². The van der Waals surface area contributed by atoms with Crippen molar-refractivity contribution in [3.8, 4) is 5.69 Å². The number of rotatable bonds is 6. The Bertz CT molecular complexity index is 1010. The van der Waals surface area contributed by atoms with Gasteiger partial charge in [0.05, 0.1) is 11.9 Å². The lowest BCUT2D eigenvalue weighted by Gasteiger charge is -2.11. The van der Waals surface area contributed by atoms with Crippen LogP contribution in [0.4, 0.5) is 11.4 Å². The van der Waals surface area contributed by atoms with E-state index in [2.05, 4.69) is 21.0 Å². The number of aromatic nitrogens is 2. The maximum absolute atomic E-state index is 12.6. The van der Waals surface area contributed by atoms with Gasteiger partial charge in [-0.15, -0.1) is 0 Å². The molecule has 0 aliphatic rings. The van der Waals surface area contributed by atoms with Crippen LogP contribution in [0.1, 0.15) is 29.8 Å². The van der Waals surface area contributed by atoms with E-state index >= 15 is 0 Å². The third-order valence-electron chi connectivity index (χ3n) is 3.95. The fraction of sp³-hybridized carbons (Fsp3) is 0.143. The molecule has 1 aromatic heterocycles. The Labute approximate surface area is 167 Å². The Balaban J connectivity index is 1.72. The topological polar surface area (TPSA) is 105 Å². The van der Waals surface area contributed by atoms with Crippen LogP contribution >= 0.6 is 0 Å². The number of carbonyl (C=O) groups is 3. The minimum Gasteiger partial charge on any atom is -0.348 e. The molecule has 29 heavy (non-hydrogen) atoms. The van der Waals surface area contributed by atoms with Gasteiger partial charge in [0.15, 0.2) is 0 Å². The Morgan fingerprint density at radius 1 is 0.931 bits per heavy atom. The summed E-state index contributed by atoms with van der Waals surface area (Å²) < 4.78 is 1.73. The highest BCUT2D eigenvalue weighted by atomic mass is 16.2. The summed E-state index contributed by atoms with van der Waals surface area (Å²) in [5, 5.41) is 12.4. The summed E-state index contributed by atoms with van der Waals surface area (Å²) in [7, 11) is 0. The lowest BCUT2D eigenvalue weighted by molar-refractivity contribution is -0.115. The first kappa shape index (κ1) is 19.8. The molecule has 2 aromatic carbocycles. The van der Waals surface area contributed by atoms with Crippen LogP contribution in [0.3, 0.4) is 0 Å². The van der Waals surface area contributed by atoms with Crippen molar-refractivity contribution >= 4 is 29.1 Å². The second-order valence-electron chi connectivity index (χ2n) is 6.47. The fourth-order valence-corrected chi connectivity index (χ4v) is 2.77. The number of amides is 3. The largest absolute Gasteiger partial charge is 0.348 e. The summed E-state index contributed by atoms with van der Waals surface area (Å²) in [6, 6.07) is 14.3. The van der Waals surface area contributed by atoms with Gasteiger partial charge in [-0.2, -0.15) is 5.10 Å². The van der Waals surface area contributed by atoms with Gasteiger partial charge in [0.1, 0.15) is 0 Å². The van der Waals surface area contributed by atoms with Gasteiger partial charge in [-0.25, -0.2) is 4.68 Å². The van der Waals surface area contributed by atoms with Gasteiger partial charge >= 0.3 is 0 Å². The average molecular weight is 391 g/mol. The van der Waals surface area contributed by atoms with Gasteiger partial charge in [0, 0.05) is 49.1 Å². The van der Waals surface area contributed by atoms with Crippen molar-refractivity contribution in [2.24, 2.45) is 0 Å². The highest BCUT2D eigenvalue weighted by Gasteiger charge is 2.11. The number of hydrogen-bond acceptors (Lipinski definition) is 4. The van der Waals surface area contributed by atoms with Gasteiger partial charge < -0.3 is 16.0 Å². The van der Waals surface area contributed by atoms with Crippen LogP contribution in [-0.4, -0.2) is 27.5 Å². The van der Waals surface area contributed by atoms with E-state index in [1.807, 2.05) is 36.5 Å². The SMILES string of the molecule is CC(=O)Nc1cc(NC(C)=O)cc(C(=O)NCc2cnn(-c3ccccc3)c2)c1. The third kappa shape index (κ3) is 5.52. The molecule has 0 saturated carbocycles. The number of nitrogens with one attached hydrogen (secondary N) is 3. The van der Waals surface area contributed by atoms with Crippen molar-refractivity contribution in [2.75, 3.05) is 10.6 Å². The highest BCUT2D eigenvalue weighted by Crippen LogP contribution is 2.19. The molecule has 0 spiro atoms. The lowest BCUT2D eigenvalue weighted by atomic mass is 10.1. The smallest absolute Gasteiger partial charge is 0.251 e. The van der Waals surface area contributed by atoms with E-state index in [0.717, 1.165) is 11.3 Å².